The molecule has 2 aliphatic rings. The predicted octanol–water partition coefficient (Wildman–Crippen LogP) is 1.49. The highest BCUT2D eigenvalue weighted by molar-refractivity contribution is 5.65. The minimum atomic E-state index is -0.0609. The summed E-state index contributed by atoms with van der Waals surface area (Å²) in [5.74, 6) is 0.278. The molecule has 1 heterocycles. The van der Waals surface area contributed by atoms with Crippen LogP contribution in [0.25, 0.3) is 0 Å². The third-order valence-electron chi connectivity index (χ3n) is 3.78. The van der Waals surface area contributed by atoms with Gasteiger partial charge in [0.15, 0.2) is 11.5 Å². The van der Waals surface area contributed by atoms with Crippen LogP contribution < -0.4 is 11.1 Å². The Labute approximate surface area is 94.1 Å². The first-order chi connectivity index (χ1) is 7.65. The highest BCUT2D eigenvalue weighted by Crippen LogP contribution is 2.46. The van der Waals surface area contributed by atoms with E-state index in [1.165, 1.54) is 0 Å². The van der Waals surface area contributed by atoms with Crippen LogP contribution in [-0.2, 0) is 0 Å². The molecule has 86 valence electrons. The van der Waals surface area contributed by atoms with E-state index in [1.54, 1.807) is 12.1 Å². The molecular formula is C12H16N2O2. The van der Waals surface area contributed by atoms with Gasteiger partial charge < -0.3 is 21.3 Å². The second kappa shape index (κ2) is 3.28. The van der Waals surface area contributed by atoms with Gasteiger partial charge in [-0.05, 0) is 30.9 Å². The molecule has 1 aliphatic heterocycles. The van der Waals surface area contributed by atoms with Crippen LogP contribution in [0.1, 0.15) is 30.7 Å². The quantitative estimate of drug-likeness (QED) is 0.394. The number of anilines is 1. The number of hydrogen-bond acceptors (Lipinski definition) is 4. The van der Waals surface area contributed by atoms with Gasteiger partial charge >= 0.3 is 0 Å². The monoisotopic (exact) mass is 220 g/mol. The van der Waals surface area contributed by atoms with E-state index in [4.69, 9.17) is 5.73 Å². The Morgan fingerprint density at radius 3 is 2.75 bits per heavy atom. The van der Waals surface area contributed by atoms with Gasteiger partial charge in [-0.25, -0.2) is 0 Å². The molecule has 5 N–H and O–H groups in total. The second-order valence-corrected chi connectivity index (χ2v) is 4.86. The molecular weight excluding hydrogens is 204 g/mol. The molecule has 0 bridgehead atoms. The van der Waals surface area contributed by atoms with E-state index in [9.17, 15) is 10.2 Å². The SMILES string of the molecule is NC1CCC2Nc3cc(O)c(O)cc3C2C1. The van der Waals surface area contributed by atoms with Gasteiger partial charge in [0.05, 0.1) is 0 Å². The zero-order chi connectivity index (χ0) is 11.3. The van der Waals surface area contributed by atoms with E-state index in [2.05, 4.69) is 5.32 Å². The number of phenols is 2. The van der Waals surface area contributed by atoms with Gasteiger partial charge in [-0.2, -0.15) is 0 Å². The fourth-order valence-electron chi connectivity index (χ4n) is 2.94. The summed E-state index contributed by atoms with van der Waals surface area (Å²) in [5.41, 5.74) is 8.01. The average molecular weight is 220 g/mol. The van der Waals surface area contributed by atoms with Gasteiger partial charge in [0.1, 0.15) is 0 Å². The number of nitrogens with one attached hydrogen (secondary N) is 1. The van der Waals surface area contributed by atoms with Crippen molar-refractivity contribution < 1.29 is 10.2 Å². The van der Waals surface area contributed by atoms with Crippen LogP contribution in [0.5, 0.6) is 11.5 Å². The summed E-state index contributed by atoms with van der Waals surface area (Å²) in [6, 6.07) is 3.94. The number of aromatic hydroxyl groups is 2. The number of phenolic OH excluding ortho intramolecular Hbond substituents is 2. The molecule has 4 nitrogen and oxygen atoms in total. The van der Waals surface area contributed by atoms with Crippen LogP contribution in [0.15, 0.2) is 12.1 Å². The summed E-state index contributed by atoms with van der Waals surface area (Å²) in [6.45, 7) is 0. The third-order valence-corrected chi connectivity index (χ3v) is 3.78. The molecule has 1 aromatic rings. The molecule has 0 radical (unpaired) electrons. The van der Waals surface area contributed by atoms with Gasteiger partial charge in [0, 0.05) is 29.8 Å². The van der Waals surface area contributed by atoms with E-state index < -0.39 is 0 Å². The maximum absolute atomic E-state index is 9.53. The molecule has 0 amide bonds. The van der Waals surface area contributed by atoms with E-state index in [-0.39, 0.29) is 17.5 Å². The third kappa shape index (κ3) is 1.33. The van der Waals surface area contributed by atoms with E-state index in [0.717, 1.165) is 30.5 Å². The van der Waals surface area contributed by atoms with Crippen LogP contribution in [0.3, 0.4) is 0 Å². The van der Waals surface area contributed by atoms with Crippen LogP contribution in [0.4, 0.5) is 5.69 Å². The Bertz CT molecular complexity index is 433. The van der Waals surface area contributed by atoms with Crippen molar-refractivity contribution in [1.82, 2.24) is 0 Å². The van der Waals surface area contributed by atoms with Gasteiger partial charge in [-0.15, -0.1) is 0 Å². The molecule has 3 unspecified atom stereocenters. The van der Waals surface area contributed by atoms with Crippen molar-refractivity contribution in [2.75, 3.05) is 5.32 Å². The molecule has 3 rings (SSSR count). The van der Waals surface area contributed by atoms with Crippen molar-refractivity contribution in [3.63, 3.8) is 0 Å². The standard InChI is InChI=1S/C12H16N2O2/c13-6-1-2-9-7(3-6)8-4-11(15)12(16)5-10(8)14-9/h4-7,9,14-16H,1-3,13H2. The van der Waals surface area contributed by atoms with Gasteiger partial charge in [0.2, 0.25) is 0 Å². The van der Waals surface area contributed by atoms with Crippen molar-refractivity contribution in [2.45, 2.75) is 37.3 Å². The fourth-order valence-corrected chi connectivity index (χ4v) is 2.94. The van der Waals surface area contributed by atoms with E-state index >= 15 is 0 Å². The van der Waals surface area contributed by atoms with Crippen LogP contribution in [-0.4, -0.2) is 22.3 Å². The summed E-state index contributed by atoms with van der Waals surface area (Å²) in [4.78, 5) is 0. The van der Waals surface area contributed by atoms with Crippen molar-refractivity contribution >= 4 is 5.69 Å². The minimum absolute atomic E-state index is 0.0413. The van der Waals surface area contributed by atoms with Crippen LogP contribution >= 0.6 is 0 Å². The lowest BCUT2D eigenvalue weighted by atomic mass is 9.80. The van der Waals surface area contributed by atoms with E-state index in [1.807, 2.05) is 0 Å². The topological polar surface area (TPSA) is 78.5 Å². The first-order valence-corrected chi connectivity index (χ1v) is 5.73. The molecule has 1 fully saturated rings. The molecule has 1 saturated carbocycles. The zero-order valence-corrected chi connectivity index (χ0v) is 8.98. The molecule has 0 aromatic heterocycles. The summed E-state index contributed by atoms with van der Waals surface area (Å²) in [6.07, 6.45) is 3.05. The number of benzene rings is 1. The lowest BCUT2D eigenvalue weighted by Gasteiger charge is -2.29. The number of fused-ring (bicyclic) bond motifs is 3. The van der Waals surface area contributed by atoms with Crippen molar-refractivity contribution in [1.29, 1.82) is 0 Å². The predicted molar refractivity (Wildman–Crippen MR) is 61.7 cm³/mol. The smallest absolute Gasteiger partial charge is 0.159 e. The molecule has 0 spiro atoms. The van der Waals surface area contributed by atoms with Crippen molar-refractivity contribution in [2.24, 2.45) is 5.73 Å². The number of nitrogens with two attached hydrogens (primary N) is 1. The van der Waals surface area contributed by atoms with Crippen LogP contribution in [0.2, 0.25) is 0 Å². The average Bonchev–Trinajstić information content (AvgIpc) is 2.57. The normalized spacial score (nSPS) is 31.7. The Morgan fingerprint density at radius 1 is 1.19 bits per heavy atom. The fraction of sp³-hybridized carbons (Fsp3) is 0.500. The Kier molecular flexibility index (Phi) is 2.01. The second-order valence-electron chi connectivity index (χ2n) is 4.86. The first kappa shape index (κ1) is 9.78. The summed E-state index contributed by atoms with van der Waals surface area (Å²) in [5, 5.41) is 22.4. The molecule has 4 heteroatoms. The van der Waals surface area contributed by atoms with Gasteiger partial charge in [-0.1, -0.05) is 0 Å². The number of rotatable bonds is 0. The lowest BCUT2D eigenvalue weighted by Crippen LogP contribution is -2.35. The van der Waals surface area contributed by atoms with Gasteiger partial charge in [-0.3, -0.25) is 0 Å². The summed E-state index contributed by atoms with van der Waals surface area (Å²) in [7, 11) is 0. The van der Waals surface area contributed by atoms with Gasteiger partial charge in [0.25, 0.3) is 0 Å². The molecule has 16 heavy (non-hydrogen) atoms. The summed E-state index contributed by atoms with van der Waals surface area (Å²) < 4.78 is 0. The minimum Gasteiger partial charge on any atom is -0.504 e. The van der Waals surface area contributed by atoms with Crippen molar-refractivity contribution in [3.05, 3.63) is 17.7 Å². The molecule has 1 aromatic carbocycles. The number of hydrogen-bond donors (Lipinski definition) is 4. The maximum Gasteiger partial charge on any atom is 0.159 e. The highest BCUT2D eigenvalue weighted by Gasteiger charge is 2.37. The molecule has 0 saturated heterocycles. The lowest BCUT2D eigenvalue weighted by molar-refractivity contribution is 0.374. The maximum atomic E-state index is 9.53. The zero-order valence-electron chi connectivity index (χ0n) is 8.98. The Hall–Kier alpha value is -1.42. The first-order valence-electron chi connectivity index (χ1n) is 5.73. The van der Waals surface area contributed by atoms with E-state index in [0.29, 0.717) is 12.0 Å². The Morgan fingerprint density at radius 2 is 1.94 bits per heavy atom. The van der Waals surface area contributed by atoms with Crippen LogP contribution in [0, 0.1) is 0 Å². The molecule has 1 aliphatic carbocycles. The largest absolute Gasteiger partial charge is 0.504 e. The van der Waals surface area contributed by atoms with Crippen molar-refractivity contribution in [3.8, 4) is 11.5 Å². The summed E-state index contributed by atoms with van der Waals surface area (Å²) >= 11 is 0. The highest BCUT2D eigenvalue weighted by atomic mass is 16.3. The molecule has 3 atom stereocenters. The Balaban J connectivity index is 2.01.